The molecule has 0 unspecified atom stereocenters. The van der Waals surface area contributed by atoms with Gasteiger partial charge in [0.05, 0.1) is 6.10 Å². The van der Waals surface area contributed by atoms with Crippen LogP contribution in [0.5, 0.6) is 11.5 Å². The van der Waals surface area contributed by atoms with Crippen molar-refractivity contribution >= 4 is 0 Å². The van der Waals surface area contributed by atoms with Gasteiger partial charge < -0.3 is 14.2 Å². The molecule has 0 atom stereocenters. The van der Waals surface area contributed by atoms with Crippen LogP contribution in [-0.4, -0.2) is 19.3 Å². The maximum absolute atomic E-state index is 14.9. The molecule has 4 rings (SSSR count). The van der Waals surface area contributed by atoms with Crippen LogP contribution >= 0.6 is 0 Å². The highest BCUT2D eigenvalue weighted by molar-refractivity contribution is 5.66. The van der Waals surface area contributed by atoms with Gasteiger partial charge >= 0.3 is 0 Å². The summed E-state index contributed by atoms with van der Waals surface area (Å²) in [5, 5.41) is 0. The maximum atomic E-state index is 14.9. The van der Waals surface area contributed by atoms with Crippen molar-refractivity contribution in [3.63, 3.8) is 0 Å². The Morgan fingerprint density at radius 1 is 0.811 bits per heavy atom. The molecular weight excluding hydrogens is 484 g/mol. The van der Waals surface area contributed by atoms with Crippen LogP contribution in [0.15, 0.2) is 61.2 Å². The zero-order chi connectivity index (χ0) is 26.4. The quantitative estimate of drug-likeness (QED) is 0.202. The monoisotopic (exact) mass is 514 g/mol. The van der Waals surface area contributed by atoms with Gasteiger partial charge in [0, 0.05) is 17.7 Å². The second-order valence-electron chi connectivity index (χ2n) is 9.02. The van der Waals surface area contributed by atoms with Gasteiger partial charge in [-0.05, 0) is 73.9 Å². The van der Waals surface area contributed by atoms with Crippen molar-refractivity contribution in [1.29, 1.82) is 0 Å². The van der Waals surface area contributed by atoms with Crippen molar-refractivity contribution in [3.8, 4) is 22.6 Å². The van der Waals surface area contributed by atoms with Crippen molar-refractivity contribution in [1.82, 2.24) is 0 Å². The van der Waals surface area contributed by atoms with Gasteiger partial charge in [-0.3, -0.25) is 0 Å². The van der Waals surface area contributed by atoms with Crippen LogP contribution in [0, 0.1) is 23.3 Å². The lowest BCUT2D eigenvalue weighted by molar-refractivity contribution is 0.0325. The first-order valence-electron chi connectivity index (χ1n) is 12.5. The number of hydrogen-bond donors (Lipinski definition) is 0. The van der Waals surface area contributed by atoms with Crippen LogP contribution in [0.25, 0.3) is 11.1 Å². The van der Waals surface area contributed by atoms with Gasteiger partial charge in [0.2, 0.25) is 5.82 Å². The Kier molecular flexibility index (Phi) is 8.87. The van der Waals surface area contributed by atoms with E-state index in [9.17, 15) is 17.6 Å². The third-order valence-corrected chi connectivity index (χ3v) is 6.67. The molecule has 3 aromatic carbocycles. The van der Waals surface area contributed by atoms with Gasteiger partial charge in [0.15, 0.2) is 23.2 Å². The molecule has 1 aliphatic rings. The van der Waals surface area contributed by atoms with Crippen LogP contribution < -0.4 is 9.47 Å². The average Bonchev–Trinajstić information content (AvgIpc) is 2.92. The van der Waals surface area contributed by atoms with E-state index < -0.39 is 23.3 Å². The number of rotatable bonds is 10. The molecule has 1 saturated carbocycles. The summed E-state index contributed by atoms with van der Waals surface area (Å²) in [6.45, 7) is 5.98. The van der Waals surface area contributed by atoms with Crippen molar-refractivity contribution in [2.75, 3.05) is 13.2 Å². The summed E-state index contributed by atoms with van der Waals surface area (Å²) in [6, 6.07) is 12.2. The van der Waals surface area contributed by atoms with E-state index in [1.54, 1.807) is 36.4 Å². The fourth-order valence-corrected chi connectivity index (χ4v) is 4.71. The molecule has 37 heavy (non-hydrogen) atoms. The lowest BCUT2D eigenvalue weighted by Gasteiger charge is -2.29. The molecule has 7 heteroatoms. The molecule has 3 aromatic rings. The molecule has 0 aliphatic heterocycles. The molecule has 0 amide bonds. The summed E-state index contributed by atoms with van der Waals surface area (Å²) in [5.41, 5.74) is 1.00. The van der Waals surface area contributed by atoms with Crippen molar-refractivity contribution in [2.45, 2.75) is 51.2 Å². The van der Waals surface area contributed by atoms with Crippen LogP contribution in [0.1, 0.15) is 49.7 Å². The lowest BCUT2D eigenvalue weighted by atomic mass is 9.82. The van der Waals surface area contributed by atoms with E-state index >= 15 is 0 Å². The van der Waals surface area contributed by atoms with E-state index in [0.717, 1.165) is 25.7 Å². The molecule has 1 fully saturated rings. The predicted octanol–water partition coefficient (Wildman–Crippen LogP) is 8.12. The molecule has 3 nitrogen and oxygen atoms in total. The Morgan fingerprint density at radius 2 is 1.54 bits per heavy atom. The SMILES string of the molecule is C=CCOc1ccc(-c2ccc(OCc3ccc(C4CCC(OCC)CC4)c(F)c3F)cc2)c(F)c1F. The summed E-state index contributed by atoms with van der Waals surface area (Å²) in [6.07, 6.45) is 4.83. The van der Waals surface area contributed by atoms with Gasteiger partial charge in [-0.15, -0.1) is 0 Å². The molecule has 1 aliphatic carbocycles. The predicted molar refractivity (Wildman–Crippen MR) is 135 cm³/mol. The summed E-state index contributed by atoms with van der Waals surface area (Å²) < 4.78 is 75.0. The normalized spacial score (nSPS) is 17.4. The number of hydrogen-bond acceptors (Lipinski definition) is 3. The smallest absolute Gasteiger partial charge is 0.201 e. The molecule has 0 heterocycles. The van der Waals surface area contributed by atoms with E-state index in [4.69, 9.17) is 14.2 Å². The van der Waals surface area contributed by atoms with Gasteiger partial charge in [-0.2, -0.15) is 4.39 Å². The Bertz CT molecular complexity index is 1220. The molecular formula is C30H30F4O3. The Morgan fingerprint density at radius 3 is 2.22 bits per heavy atom. The number of benzene rings is 3. The van der Waals surface area contributed by atoms with Crippen LogP contribution in [0.4, 0.5) is 17.6 Å². The molecule has 0 aromatic heterocycles. The van der Waals surface area contributed by atoms with Gasteiger partial charge in [0.25, 0.3) is 0 Å². The minimum Gasteiger partial charge on any atom is -0.489 e. The van der Waals surface area contributed by atoms with Crippen molar-refractivity contribution in [3.05, 3.63) is 95.6 Å². The topological polar surface area (TPSA) is 27.7 Å². The third-order valence-electron chi connectivity index (χ3n) is 6.67. The molecule has 0 saturated heterocycles. The minimum atomic E-state index is -1.08. The maximum Gasteiger partial charge on any atom is 0.201 e. The molecule has 0 N–H and O–H groups in total. The summed E-state index contributed by atoms with van der Waals surface area (Å²) in [4.78, 5) is 0. The zero-order valence-corrected chi connectivity index (χ0v) is 20.7. The standard InChI is InChI=1S/C30H30F4O3/c1-3-17-36-26-16-15-25(29(33)30(26)34)20-7-12-23(13-8-20)37-18-21-9-14-24(28(32)27(21)31)19-5-10-22(11-6-19)35-4-2/h3,7-9,12-16,19,22H,1,4-6,10-11,17-18H2,2H3. The average molecular weight is 515 g/mol. The highest BCUT2D eigenvalue weighted by Gasteiger charge is 2.26. The largest absolute Gasteiger partial charge is 0.489 e. The van der Waals surface area contributed by atoms with E-state index in [1.165, 1.54) is 18.2 Å². The van der Waals surface area contributed by atoms with Crippen LogP contribution in [-0.2, 0) is 11.3 Å². The van der Waals surface area contributed by atoms with Gasteiger partial charge in [-0.1, -0.05) is 36.9 Å². The van der Waals surface area contributed by atoms with Crippen molar-refractivity contribution in [2.24, 2.45) is 0 Å². The van der Waals surface area contributed by atoms with Gasteiger partial charge in [0.1, 0.15) is 19.0 Å². The van der Waals surface area contributed by atoms with E-state index in [2.05, 4.69) is 6.58 Å². The van der Waals surface area contributed by atoms with Gasteiger partial charge in [-0.25, -0.2) is 13.2 Å². The van der Waals surface area contributed by atoms with E-state index in [-0.39, 0.29) is 42.1 Å². The van der Waals surface area contributed by atoms with Crippen LogP contribution in [0.3, 0.4) is 0 Å². The zero-order valence-electron chi connectivity index (χ0n) is 20.7. The molecule has 196 valence electrons. The summed E-state index contributed by atoms with van der Waals surface area (Å²) in [5.74, 6) is -3.68. The fourth-order valence-electron chi connectivity index (χ4n) is 4.71. The second kappa shape index (κ2) is 12.3. The fraction of sp³-hybridized carbons (Fsp3) is 0.333. The number of halogens is 4. The molecule has 0 bridgehead atoms. The first-order chi connectivity index (χ1) is 17.9. The Balaban J connectivity index is 1.40. The Labute approximate surface area is 214 Å². The third kappa shape index (κ3) is 6.16. The second-order valence-corrected chi connectivity index (χ2v) is 9.02. The highest BCUT2D eigenvalue weighted by Crippen LogP contribution is 2.36. The minimum absolute atomic E-state index is 0.0263. The summed E-state index contributed by atoms with van der Waals surface area (Å²) >= 11 is 0. The van der Waals surface area contributed by atoms with E-state index in [0.29, 0.717) is 23.5 Å². The lowest BCUT2D eigenvalue weighted by Crippen LogP contribution is -2.21. The summed E-state index contributed by atoms with van der Waals surface area (Å²) in [7, 11) is 0. The van der Waals surface area contributed by atoms with Crippen molar-refractivity contribution < 1.29 is 31.8 Å². The highest BCUT2D eigenvalue weighted by atomic mass is 19.2. The molecule has 0 spiro atoms. The number of ether oxygens (including phenoxy) is 3. The van der Waals surface area contributed by atoms with E-state index in [1.807, 2.05) is 6.92 Å². The molecule has 0 radical (unpaired) electrons. The van der Waals surface area contributed by atoms with Crippen LogP contribution in [0.2, 0.25) is 0 Å². The first kappa shape index (κ1) is 26.7. The Hall–Kier alpha value is -3.32. The first-order valence-corrected chi connectivity index (χ1v) is 12.5.